The van der Waals surface area contributed by atoms with Gasteiger partial charge < -0.3 is 15.1 Å². The average molecular weight is 312 g/mol. The number of nitrogens with one attached hydrogen (secondary N) is 1. The molecule has 0 unspecified atom stereocenters. The van der Waals surface area contributed by atoms with E-state index in [0.717, 1.165) is 36.6 Å². The molecule has 7 heteroatoms. The lowest BCUT2D eigenvalue weighted by Crippen LogP contribution is -2.46. The summed E-state index contributed by atoms with van der Waals surface area (Å²) in [7, 11) is 0. The molecular formula is C16H20N6O. The standard InChI is InChI=1S/C16H20N6O/c1-13-10-15(18-11-14-2-4-17-5-3-14)20-16(19-13)22-8-6-21(12-23)7-9-22/h2-5,10,12H,6-9,11H2,1H3,(H,18,19,20). The van der Waals surface area contributed by atoms with Crippen LogP contribution < -0.4 is 10.2 Å². The minimum atomic E-state index is 0.692. The zero-order valence-corrected chi connectivity index (χ0v) is 13.1. The Kier molecular flexibility index (Phi) is 4.65. The lowest BCUT2D eigenvalue weighted by atomic mass is 10.3. The molecule has 0 radical (unpaired) electrons. The number of carbonyl (C=O) groups excluding carboxylic acids is 1. The van der Waals surface area contributed by atoms with Gasteiger partial charge in [0, 0.05) is 56.9 Å². The molecule has 120 valence electrons. The number of rotatable bonds is 5. The Balaban J connectivity index is 1.68. The van der Waals surface area contributed by atoms with E-state index in [1.807, 2.05) is 25.1 Å². The van der Waals surface area contributed by atoms with Crippen LogP contribution in [0, 0.1) is 6.92 Å². The summed E-state index contributed by atoms with van der Waals surface area (Å²) >= 11 is 0. The lowest BCUT2D eigenvalue weighted by Gasteiger charge is -2.32. The quantitative estimate of drug-likeness (QED) is 0.833. The van der Waals surface area contributed by atoms with E-state index in [4.69, 9.17) is 0 Å². The van der Waals surface area contributed by atoms with E-state index in [0.29, 0.717) is 25.6 Å². The number of piperazine rings is 1. The molecule has 2 aromatic rings. The van der Waals surface area contributed by atoms with Crippen LogP contribution >= 0.6 is 0 Å². The Morgan fingerprint density at radius 1 is 1.17 bits per heavy atom. The van der Waals surface area contributed by atoms with Gasteiger partial charge in [-0.1, -0.05) is 0 Å². The summed E-state index contributed by atoms with van der Waals surface area (Å²) in [6, 6.07) is 5.88. The number of nitrogens with zero attached hydrogens (tertiary/aromatic N) is 5. The molecule has 23 heavy (non-hydrogen) atoms. The zero-order chi connectivity index (χ0) is 16.1. The highest BCUT2D eigenvalue weighted by Gasteiger charge is 2.18. The van der Waals surface area contributed by atoms with Crippen molar-refractivity contribution in [2.24, 2.45) is 0 Å². The van der Waals surface area contributed by atoms with Crippen molar-refractivity contribution in [3.63, 3.8) is 0 Å². The third-order valence-electron chi connectivity index (χ3n) is 3.81. The molecule has 0 atom stereocenters. The van der Waals surface area contributed by atoms with Gasteiger partial charge in [-0.3, -0.25) is 9.78 Å². The van der Waals surface area contributed by atoms with Crippen LogP contribution in [0.1, 0.15) is 11.3 Å². The molecule has 0 aliphatic carbocycles. The molecule has 1 saturated heterocycles. The number of amides is 1. The second kappa shape index (κ2) is 7.04. The van der Waals surface area contributed by atoms with Crippen molar-refractivity contribution < 1.29 is 4.79 Å². The van der Waals surface area contributed by atoms with Crippen LogP contribution in [-0.4, -0.2) is 52.4 Å². The Morgan fingerprint density at radius 3 is 2.61 bits per heavy atom. The molecule has 7 nitrogen and oxygen atoms in total. The van der Waals surface area contributed by atoms with Crippen LogP contribution in [0.5, 0.6) is 0 Å². The minimum absolute atomic E-state index is 0.692. The first-order valence-electron chi connectivity index (χ1n) is 7.67. The lowest BCUT2D eigenvalue weighted by molar-refractivity contribution is -0.118. The van der Waals surface area contributed by atoms with Crippen molar-refractivity contribution in [3.05, 3.63) is 41.9 Å². The van der Waals surface area contributed by atoms with E-state index < -0.39 is 0 Å². The van der Waals surface area contributed by atoms with E-state index in [9.17, 15) is 4.79 Å². The highest BCUT2D eigenvalue weighted by molar-refractivity contribution is 5.49. The number of anilines is 2. The van der Waals surface area contributed by atoms with Gasteiger partial charge in [0.15, 0.2) is 0 Å². The number of carbonyl (C=O) groups is 1. The molecule has 0 saturated carbocycles. The third-order valence-corrected chi connectivity index (χ3v) is 3.81. The molecule has 1 fully saturated rings. The van der Waals surface area contributed by atoms with Gasteiger partial charge in [0.25, 0.3) is 0 Å². The summed E-state index contributed by atoms with van der Waals surface area (Å²) in [5, 5.41) is 3.33. The van der Waals surface area contributed by atoms with Crippen molar-refractivity contribution in [2.75, 3.05) is 36.4 Å². The van der Waals surface area contributed by atoms with Crippen LogP contribution in [-0.2, 0) is 11.3 Å². The molecular weight excluding hydrogens is 292 g/mol. The molecule has 1 N–H and O–H groups in total. The Labute approximate surface area is 135 Å². The molecule has 3 rings (SSSR count). The van der Waals surface area contributed by atoms with Crippen molar-refractivity contribution in [1.82, 2.24) is 19.9 Å². The largest absolute Gasteiger partial charge is 0.366 e. The molecule has 1 aliphatic heterocycles. The van der Waals surface area contributed by atoms with Crippen molar-refractivity contribution in [2.45, 2.75) is 13.5 Å². The molecule has 2 aromatic heterocycles. The zero-order valence-electron chi connectivity index (χ0n) is 13.1. The van der Waals surface area contributed by atoms with Gasteiger partial charge in [0.2, 0.25) is 12.4 Å². The molecule has 0 spiro atoms. The maximum absolute atomic E-state index is 10.8. The SMILES string of the molecule is Cc1cc(NCc2ccncc2)nc(N2CCN(C=O)CC2)n1. The highest BCUT2D eigenvalue weighted by atomic mass is 16.1. The summed E-state index contributed by atoms with van der Waals surface area (Å²) in [4.78, 5) is 27.8. The van der Waals surface area contributed by atoms with Gasteiger partial charge in [-0.15, -0.1) is 0 Å². The van der Waals surface area contributed by atoms with Gasteiger partial charge in [-0.2, -0.15) is 4.98 Å². The van der Waals surface area contributed by atoms with E-state index in [1.165, 1.54) is 0 Å². The smallest absolute Gasteiger partial charge is 0.227 e. The third kappa shape index (κ3) is 3.94. The van der Waals surface area contributed by atoms with Crippen LogP contribution in [0.4, 0.5) is 11.8 Å². The van der Waals surface area contributed by atoms with Crippen LogP contribution in [0.15, 0.2) is 30.6 Å². The van der Waals surface area contributed by atoms with Gasteiger partial charge in [0.05, 0.1) is 0 Å². The first-order valence-corrected chi connectivity index (χ1v) is 7.67. The van der Waals surface area contributed by atoms with Crippen LogP contribution in [0.3, 0.4) is 0 Å². The predicted octanol–water partition coefficient (Wildman–Crippen LogP) is 1.07. The highest BCUT2D eigenvalue weighted by Crippen LogP contribution is 2.16. The van der Waals surface area contributed by atoms with Crippen LogP contribution in [0.2, 0.25) is 0 Å². The fourth-order valence-electron chi connectivity index (χ4n) is 2.51. The first-order chi connectivity index (χ1) is 11.2. The maximum atomic E-state index is 10.8. The summed E-state index contributed by atoms with van der Waals surface area (Å²) in [6.07, 6.45) is 4.45. The van der Waals surface area contributed by atoms with Gasteiger partial charge in [0.1, 0.15) is 5.82 Å². The van der Waals surface area contributed by atoms with E-state index in [1.54, 1.807) is 17.3 Å². The van der Waals surface area contributed by atoms with Crippen molar-refractivity contribution >= 4 is 18.2 Å². The second-order valence-electron chi connectivity index (χ2n) is 5.53. The number of hydrogen-bond donors (Lipinski definition) is 1. The Morgan fingerprint density at radius 2 is 1.91 bits per heavy atom. The summed E-state index contributed by atoms with van der Waals surface area (Å²) in [5.41, 5.74) is 2.07. The van der Waals surface area contributed by atoms with Crippen molar-refractivity contribution in [3.8, 4) is 0 Å². The minimum Gasteiger partial charge on any atom is -0.366 e. The predicted molar refractivity (Wildman–Crippen MR) is 88.2 cm³/mol. The number of pyridine rings is 1. The molecule has 0 aromatic carbocycles. The van der Waals surface area contributed by atoms with Crippen LogP contribution in [0.25, 0.3) is 0 Å². The summed E-state index contributed by atoms with van der Waals surface area (Å²) < 4.78 is 0. The maximum Gasteiger partial charge on any atom is 0.227 e. The summed E-state index contributed by atoms with van der Waals surface area (Å²) in [5.74, 6) is 1.52. The number of aromatic nitrogens is 3. The summed E-state index contributed by atoms with van der Waals surface area (Å²) in [6.45, 7) is 5.58. The fourth-order valence-corrected chi connectivity index (χ4v) is 2.51. The normalized spacial score (nSPS) is 14.7. The van der Waals surface area contributed by atoms with E-state index in [-0.39, 0.29) is 0 Å². The topological polar surface area (TPSA) is 74.2 Å². The first kappa shape index (κ1) is 15.2. The van der Waals surface area contributed by atoms with Gasteiger partial charge in [-0.05, 0) is 24.6 Å². The van der Waals surface area contributed by atoms with E-state index >= 15 is 0 Å². The molecule has 0 bridgehead atoms. The molecule has 3 heterocycles. The fraction of sp³-hybridized carbons (Fsp3) is 0.375. The van der Waals surface area contributed by atoms with Gasteiger partial charge in [-0.25, -0.2) is 4.98 Å². The van der Waals surface area contributed by atoms with Gasteiger partial charge >= 0.3 is 0 Å². The molecule has 1 amide bonds. The second-order valence-corrected chi connectivity index (χ2v) is 5.53. The Hall–Kier alpha value is -2.70. The monoisotopic (exact) mass is 312 g/mol. The Bertz CT molecular complexity index is 655. The van der Waals surface area contributed by atoms with E-state index in [2.05, 4.69) is 25.2 Å². The average Bonchev–Trinajstić information content (AvgIpc) is 2.60. The molecule has 1 aliphatic rings. The van der Waals surface area contributed by atoms with Crippen molar-refractivity contribution in [1.29, 1.82) is 0 Å². The number of aryl methyl sites for hydroxylation is 1. The number of hydrogen-bond acceptors (Lipinski definition) is 6.